The third kappa shape index (κ3) is 5.67. The first-order valence-electron chi connectivity index (χ1n) is 21.6. The Kier molecular flexibility index (Phi) is 7.91. The highest BCUT2D eigenvalue weighted by Gasteiger charge is 2.21. The maximum atomic E-state index is 5.51. The first-order chi connectivity index (χ1) is 31.2. The second-order valence-electron chi connectivity index (χ2n) is 16.5. The molecule has 0 spiro atoms. The fraction of sp³-hybridized carbons (Fsp3) is 0. The van der Waals surface area contributed by atoms with E-state index in [4.69, 9.17) is 9.97 Å². The molecule has 0 fully saturated rings. The van der Waals surface area contributed by atoms with Gasteiger partial charge in [-0.1, -0.05) is 176 Å². The molecule has 13 aromatic rings. The minimum Gasteiger partial charge on any atom is -0.309 e. The van der Waals surface area contributed by atoms with E-state index in [1.54, 1.807) is 0 Å². The smallest absolute Gasteiger partial charge is 0.161 e. The first kappa shape index (κ1) is 35.4. The molecule has 11 aromatic carbocycles. The lowest BCUT2D eigenvalue weighted by molar-refractivity contribution is 1.19. The van der Waals surface area contributed by atoms with E-state index in [-0.39, 0.29) is 0 Å². The van der Waals surface area contributed by atoms with E-state index in [9.17, 15) is 0 Å². The quantitative estimate of drug-likeness (QED) is 0.174. The van der Waals surface area contributed by atoms with E-state index < -0.39 is 0 Å². The molecule has 3 nitrogen and oxygen atoms in total. The van der Waals surface area contributed by atoms with Gasteiger partial charge in [-0.3, -0.25) is 0 Å². The maximum absolute atomic E-state index is 5.51. The van der Waals surface area contributed by atoms with Gasteiger partial charge in [0.1, 0.15) is 0 Å². The van der Waals surface area contributed by atoms with E-state index in [1.165, 1.54) is 65.3 Å². The zero-order valence-corrected chi connectivity index (χ0v) is 34.2. The SMILES string of the molecule is c1ccc(-c2ccc3nc(-c4ccc(-n5c6cc7ccccc7cc6c6c(-c7cccc8ccccc78)cccc65)c5ccccc45)nc(-c4ccc5ccccc5c4)c3c2)cc1. The molecule has 0 aliphatic rings. The highest BCUT2D eigenvalue weighted by molar-refractivity contribution is 6.21. The van der Waals surface area contributed by atoms with E-state index in [2.05, 4.69) is 229 Å². The van der Waals surface area contributed by atoms with Crippen molar-refractivity contribution >= 4 is 75.8 Å². The monoisotopic (exact) mass is 799 g/mol. The van der Waals surface area contributed by atoms with Crippen LogP contribution in [0.3, 0.4) is 0 Å². The maximum Gasteiger partial charge on any atom is 0.161 e. The Labute approximate surface area is 363 Å². The van der Waals surface area contributed by atoms with Crippen LogP contribution in [-0.4, -0.2) is 14.5 Å². The summed E-state index contributed by atoms with van der Waals surface area (Å²) in [5.41, 5.74) is 12.1. The van der Waals surface area contributed by atoms with Crippen LogP contribution in [-0.2, 0) is 0 Å². The van der Waals surface area contributed by atoms with Crippen molar-refractivity contribution in [2.75, 3.05) is 0 Å². The molecule has 0 aliphatic carbocycles. The summed E-state index contributed by atoms with van der Waals surface area (Å²) in [6.07, 6.45) is 0. The summed E-state index contributed by atoms with van der Waals surface area (Å²) in [6, 6.07) is 81.2. The third-order valence-electron chi connectivity index (χ3n) is 12.9. The zero-order chi connectivity index (χ0) is 41.4. The van der Waals surface area contributed by atoms with Crippen LogP contribution < -0.4 is 0 Å². The van der Waals surface area contributed by atoms with Crippen LogP contribution in [0.5, 0.6) is 0 Å². The normalized spacial score (nSPS) is 11.8. The highest BCUT2D eigenvalue weighted by Crippen LogP contribution is 2.44. The highest BCUT2D eigenvalue weighted by atomic mass is 15.0. The Hall–Kier alpha value is -8.40. The molecule has 0 radical (unpaired) electrons. The Bertz CT molecular complexity index is 3970. The van der Waals surface area contributed by atoms with E-state index in [0.29, 0.717) is 5.82 Å². The topological polar surface area (TPSA) is 30.7 Å². The number of rotatable bonds is 5. The lowest BCUT2D eigenvalue weighted by Gasteiger charge is -2.16. The van der Waals surface area contributed by atoms with Gasteiger partial charge in [0.15, 0.2) is 5.82 Å². The van der Waals surface area contributed by atoms with Crippen molar-refractivity contribution in [2.45, 2.75) is 0 Å². The summed E-state index contributed by atoms with van der Waals surface area (Å²) in [5.74, 6) is 0.701. The summed E-state index contributed by atoms with van der Waals surface area (Å²) >= 11 is 0. The number of benzene rings is 11. The lowest BCUT2D eigenvalue weighted by atomic mass is 9.94. The number of aromatic nitrogens is 3. The van der Waals surface area contributed by atoms with Crippen LogP contribution in [0.4, 0.5) is 0 Å². The van der Waals surface area contributed by atoms with Crippen LogP contribution in [0.2, 0.25) is 0 Å². The van der Waals surface area contributed by atoms with Gasteiger partial charge in [-0.15, -0.1) is 0 Å². The van der Waals surface area contributed by atoms with Gasteiger partial charge in [0.25, 0.3) is 0 Å². The number of fused-ring (bicyclic) bond motifs is 8. The Balaban J connectivity index is 1.06. The van der Waals surface area contributed by atoms with Gasteiger partial charge in [0.2, 0.25) is 0 Å². The molecule has 0 unspecified atom stereocenters. The summed E-state index contributed by atoms with van der Waals surface area (Å²) in [5, 5.41) is 13.0. The molecule has 13 rings (SSSR count). The Morgan fingerprint density at radius 1 is 0.302 bits per heavy atom. The summed E-state index contributed by atoms with van der Waals surface area (Å²) < 4.78 is 2.48. The van der Waals surface area contributed by atoms with E-state index in [1.807, 2.05) is 0 Å². The summed E-state index contributed by atoms with van der Waals surface area (Å²) in [7, 11) is 0. The summed E-state index contributed by atoms with van der Waals surface area (Å²) in [6.45, 7) is 0. The molecule has 0 N–H and O–H groups in total. The molecule has 0 aliphatic heterocycles. The largest absolute Gasteiger partial charge is 0.309 e. The Morgan fingerprint density at radius 3 is 1.79 bits per heavy atom. The van der Waals surface area contributed by atoms with Crippen molar-refractivity contribution in [1.29, 1.82) is 0 Å². The molecule has 0 saturated carbocycles. The number of hydrogen-bond acceptors (Lipinski definition) is 2. The van der Waals surface area contributed by atoms with Gasteiger partial charge in [0, 0.05) is 32.7 Å². The second kappa shape index (κ2) is 14.1. The number of nitrogens with zero attached hydrogens (tertiary/aromatic N) is 3. The average Bonchev–Trinajstić information content (AvgIpc) is 3.67. The van der Waals surface area contributed by atoms with Crippen molar-refractivity contribution < 1.29 is 0 Å². The molecule has 2 aromatic heterocycles. The van der Waals surface area contributed by atoms with Gasteiger partial charge >= 0.3 is 0 Å². The minimum atomic E-state index is 0.701. The first-order valence-corrected chi connectivity index (χ1v) is 21.6. The molecule has 2 heterocycles. The van der Waals surface area contributed by atoms with Crippen molar-refractivity contribution in [1.82, 2.24) is 14.5 Å². The Morgan fingerprint density at radius 2 is 0.952 bits per heavy atom. The van der Waals surface area contributed by atoms with Crippen LogP contribution in [0, 0.1) is 0 Å². The minimum absolute atomic E-state index is 0.701. The van der Waals surface area contributed by atoms with Crippen LogP contribution in [0.25, 0.3) is 126 Å². The molecule has 3 heteroatoms. The molecule has 0 amide bonds. The van der Waals surface area contributed by atoms with Crippen molar-refractivity contribution in [3.63, 3.8) is 0 Å². The van der Waals surface area contributed by atoms with Crippen molar-refractivity contribution in [3.8, 4) is 50.6 Å². The van der Waals surface area contributed by atoms with Crippen LogP contribution >= 0.6 is 0 Å². The molecule has 0 saturated heterocycles. The average molecular weight is 800 g/mol. The van der Waals surface area contributed by atoms with Crippen LogP contribution in [0.15, 0.2) is 224 Å². The molecular formula is C60H37N3. The predicted octanol–water partition coefficient (Wildman–Crippen LogP) is 16.0. The van der Waals surface area contributed by atoms with E-state index in [0.717, 1.165) is 55.3 Å². The molecule has 63 heavy (non-hydrogen) atoms. The van der Waals surface area contributed by atoms with Crippen molar-refractivity contribution in [2.24, 2.45) is 0 Å². The van der Waals surface area contributed by atoms with Crippen LogP contribution in [0.1, 0.15) is 0 Å². The molecule has 292 valence electrons. The fourth-order valence-electron chi connectivity index (χ4n) is 9.99. The van der Waals surface area contributed by atoms with E-state index >= 15 is 0 Å². The second-order valence-corrected chi connectivity index (χ2v) is 16.5. The van der Waals surface area contributed by atoms with Gasteiger partial charge in [0.05, 0.1) is 27.9 Å². The molecular weight excluding hydrogens is 763 g/mol. The van der Waals surface area contributed by atoms with Crippen molar-refractivity contribution in [3.05, 3.63) is 224 Å². The predicted molar refractivity (Wildman–Crippen MR) is 266 cm³/mol. The van der Waals surface area contributed by atoms with Gasteiger partial charge in [-0.05, 0) is 108 Å². The lowest BCUT2D eigenvalue weighted by Crippen LogP contribution is -1.99. The number of hydrogen-bond donors (Lipinski definition) is 0. The standard InChI is InChI=1S/C60H37N3/c1-2-14-38(15-3-1)44-30-32-54-52(35-44)59(45-29-28-39-16-4-5-18-41(39)34-45)62-60(61-54)51-31-33-55(49-24-11-10-23-48(49)51)63-56-27-13-26-50(47-25-12-21-40-17-8-9-22-46(40)47)58(56)53-36-42-19-6-7-20-43(42)37-57(53)63/h1-37H. The molecule has 0 atom stereocenters. The molecule has 0 bridgehead atoms. The van der Waals surface area contributed by atoms with Gasteiger partial charge in [-0.2, -0.15) is 0 Å². The third-order valence-corrected chi connectivity index (χ3v) is 12.9. The van der Waals surface area contributed by atoms with Gasteiger partial charge < -0.3 is 4.57 Å². The van der Waals surface area contributed by atoms with Gasteiger partial charge in [-0.25, -0.2) is 9.97 Å². The summed E-state index contributed by atoms with van der Waals surface area (Å²) in [4.78, 5) is 10.9. The fourth-order valence-corrected chi connectivity index (χ4v) is 9.99. The zero-order valence-electron chi connectivity index (χ0n) is 34.2.